The summed E-state index contributed by atoms with van der Waals surface area (Å²) in [6.45, 7) is 4.70. The normalized spacial score (nSPS) is 42.1. The lowest BCUT2D eigenvalue weighted by molar-refractivity contribution is -0.278. The highest BCUT2D eigenvalue weighted by atomic mass is 16.6. The highest BCUT2D eigenvalue weighted by molar-refractivity contribution is 5.81. The van der Waals surface area contributed by atoms with Gasteiger partial charge in [0.2, 0.25) is 5.91 Å². The molecule has 5 saturated carbocycles. The summed E-state index contributed by atoms with van der Waals surface area (Å²) in [7, 11) is 1.83. The summed E-state index contributed by atoms with van der Waals surface area (Å²) < 4.78 is 13.4. The Bertz CT molecular complexity index is 1120. The number of ether oxygens (including phenoxy) is 2. The van der Waals surface area contributed by atoms with Gasteiger partial charge in [0.1, 0.15) is 11.7 Å². The second-order valence-corrected chi connectivity index (χ2v) is 13.6. The molecule has 9 atom stereocenters. The molecule has 0 aromatic heterocycles. The number of fused-ring (bicyclic) bond motifs is 2. The molecule has 1 aromatic carbocycles. The van der Waals surface area contributed by atoms with Crippen molar-refractivity contribution in [2.45, 2.75) is 101 Å². The van der Waals surface area contributed by atoms with E-state index in [0.29, 0.717) is 12.5 Å². The summed E-state index contributed by atoms with van der Waals surface area (Å²) in [5, 5.41) is 14.2. The average Bonchev–Trinajstić information content (AvgIpc) is 3.65. The fraction of sp³-hybridized carbons (Fsp3) is 0.774. The maximum absolute atomic E-state index is 13.0. The van der Waals surface area contributed by atoms with Crippen molar-refractivity contribution in [3.8, 4) is 11.5 Å². The SMILES string of the molecule is CCC(C)C(N)C(=O)NCC1CC23CCC1(OC)C1Oc4c(O)ccc5c4C12CCC(CC1CC1)C3C5. The minimum Gasteiger partial charge on any atom is -0.504 e. The third kappa shape index (κ3) is 2.98. The van der Waals surface area contributed by atoms with Crippen molar-refractivity contribution < 1.29 is 19.4 Å². The summed E-state index contributed by atoms with van der Waals surface area (Å²) in [5.41, 5.74) is 8.56. The molecule has 1 aromatic rings. The topological polar surface area (TPSA) is 93.8 Å². The van der Waals surface area contributed by atoms with Gasteiger partial charge in [-0.05, 0) is 85.7 Å². The molecule has 0 radical (unpaired) electrons. The molecule has 8 rings (SSSR count). The number of carbonyl (C=O) groups is 1. The Labute approximate surface area is 221 Å². The van der Waals surface area contributed by atoms with E-state index in [9.17, 15) is 9.90 Å². The third-order valence-electron chi connectivity index (χ3n) is 12.4. The predicted molar refractivity (Wildman–Crippen MR) is 141 cm³/mol. The van der Waals surface area contributed by atoms with Crippen molar-refractivity contribution in [3.63, 3.8) is 0 Å². The fourth-order valence-corrected chi connectivity index (χ4v) is 10.2. The maximum Gasteiger partial charge on any atom is 0.237 e. The van der Waals surface area contributed by atoms with Gasteiger partial charge in [-0.1, -0.05) is 39.2 Å². The van der Waals surface area contributed by atoms with Crippen molar-refractivity contribution in [1.82, 2.24) is 5.32 Å². The van der Waals surface area contributed by atoms with Crippen LogP contribution in [0, 0.1) is 35.0 Å². The number of amides is 1. The van der Waals surface area contributed by atoms with Gasteiger partial charge < -0.3 is 25.6 Å². The summed E-state index contributed by atoms with van der Waals surface area (Å²) in [6, 6.07) is 3.54. The van der Waals surface area contributed by atoms with Crippen LogP contribution < -0.4 is 15.8 Å². The van der Waals surface area contributed by atoms with Crippen LogP contribution in [0.5, 0.6) is 11.5 Å². The van der Waals surface area contributed by atoms with E-state index in [4.69, 9.17) is 15.2 Å². The zero-order valence-electron chi connectivity index (χ0n) is 22.7. The minimum absolute atomic E-state index is 0.0553. The highest BCUT2D eigenvalue weighted by Gasteiger charge is 2.80. The molecule has 6 aliphatic carbocycles. The smallest absolute Gasteiger partial charge is 0.237 e. The summed E-state index contributed by atoms with van der Waals surface area (Å²) in [6.07, 6.45) is 11.6. The van der Waals surface area contributed by atoms with Gasteiger partial charge in [-0.25, -0.2) is 0 Å². The molecule has 7 aliphatic rings. The van der Waals surface area contributed by atoms with Crippen molar-refractivity contribution >= 4 is 5.91 Å². The Morgan fingerprint density at radius 2 is 2.08 bits per heavy atom. The second-order valence-electron chi connectivity index (χ2n) is 13.6. The lowest BCUT2D eigenvalue weighted by Gasteiger charge is -2.73. The molecule has 1 heterocycles. The number of nitrogens with two attached hydrogens (primary N) is 1. The second kappa shape index (κ2) is 8.11. The number of aromatic hydroxyl groups is 1. The van der Waals surface area contributed by atoms with Crippen LogP contribution in [0.25, 0.3) is 0 Å². The first-order valence-electron chi connectivity index (χ1n) is 14.9. The number of hydrogen-bond donors (Lipinski definition) is 3. The molecule has 9 unspecified atom stereocenters. The van der Waals surface area contributed by atoms with Gasteiger partial charge in [0.15, 0.2) is 11.5 Å². The number of phenols is 1. The van der Waals surface area contributed by atoms with E-state index in [1.807, 2.05) is 20.1 Å². The summed E-state index contributed by atoms with van der Waals surface area (Å²) in [4.78, 5) is 13.0. The van der Waals surface area contributed by atoms with Crippen LogP contribution in [-0.4, -0.2) is 42.4 Å². The zero-order valence-corrected chi connectivity index (χ0v) is 22.7. The van der Waals surface area contributed by atoms with Crippen LogP contribution in [-0.2, 0) is 21.4 Å². The number of benzene rings is 1. The first-order chi connectivity index (χ1) is 17.8. The molecule has 6 nitrogen and oxygen atoms in total. The van der Waals surface area contributed by atoms with E-state index in [2.05, 4.69) is 18.3 Å². The van der Waals surface area contributed by atoms with Crippen LogP contribution in [0.4, 0.5) is 0 Å². The number of rotatable bonds is 8. The van der Waals surface area contributed by atoms with E-state index in [1.165, 1.54) is 36.8 Å². The van der Waals surface area contributed by atoms with E-state index in [-0.39, 0.29) is 40.4 Å². The van der Waals surface area contributed by atoms with Crippen LogP contribution in [0.2, 0.25) is 0 Å². The Kier molecular flexibility index (Phi) is 5.32. The third-order valence-corrected chi connectivity index (χ3v) is 12.4. The van der Waals surface area contributed by atoms with Gasteiger partial charge in [0.05, 0.1) is 6.04 Å². The van der Waals surface area contributed by atoms with Crippen molar-refractivity contribution in [1.29, 1.82) is 0 Å². The Hall–Kier alpha value is -1.79. The average molecular weight is 509 g/mol. The zero-order chi connectivity index (χ0) is 25.7. The predicted octanol–water partition coefficient (Wildman–Crippen LogP) is 4.45. The number of hydrogen-bond acceptors (Lipinski definition) is 5. The van der Waals surface area contributed by atoms with Crippen LogP contribution in [0.3, 0.4) is 0 Å². The van der Waals surface area contributed by atoms with Crippen molar-refractivity contribution in [2.75, 3.05) is 13.7 Å². The molecule has 202 valence electrons. The van der Waals surface area contributed by atoms with Crippen molar-refractivity contribution in [2.24, 2.45) is 40.7 Å². The minimum atomic E-state index is -0.489. The quantitative estimate of drug-likeness (QED) is 0.482. The van der Waals surface area contributed by atoms with E-state index in [0.717, 1.165) is 56.1 Å². The lowest BCUT2D eigenvalue weighted by Crippen LogP contribution is -2.78. The number of carbonyl (C=O) groups excluding carboxylic acids is 1. The Balaban J connectivity index is 1.30. The summed E-state index contributed by atoms with van der Waals surface area (Å²) in [5.74, 6) is 3.56. The first-order valence-corrected chi connectivity index (χ1v) is 14.9. The van der Waals surface area contributed by atoms with Gasteiger partial charge in [-0.3, -0.25) is 4.79 Å². The molecule has 2 spiro atoms. The maximum atomic E-state index is 13.0. The molecular weight excluding hydrogens is 464 g/mol. The van der Waals surface area contributed by atoms with Crippen LogP contribution in [0.15, 0.2) is 12.1 Å². The van der Waals surface area contributed by atoms with Gasteiger partial charge in [-0.15, -0.1) is 0 Å². The van der Waals surface area contributed by atoms with Crippen LogP contribution >= 0.6 is 0 Å². The Morgan fingerprint density at radius 3 is 2.81 bits per heavy atom. The van der Waals surface area contributed by atoms with Gasteiger partial charge in [0, 0.05) is 30.6 Å². The number of nitrogens with one attached hydrogen (secondary N) is 1. The molecule has 1 amide bonds. The molecule has 4 bridgehead atoms. The number of methoxy groups -OCH3 is 1. The lowest BCUT2D eigenvalue weighted by atomic mass is 9.31. The first kappa shape index (κ1) is 24.3. The molecule has 0 saturated heterocycles. The van der Waals surface area contributed by atoms with Gasteiger partial charge >= 0.3 is 0 Å². The molecule has 37 heavy (non-hydrogen) atoms. The van der Waals surface area contributed by atoms with E-state index >= 15 is 0 Å². The monoisotopic (exact) mass is 508 g/mol. The Morgan fingerprint density at radius 1 is 1.27 bits per heavy atom. The standard InChI is InChI=1S/C31H44N2O4/c1-4-17(2)25(32)27(35)33-16-21-15-29-11-12-31(21,36-3)28-30(29)10-9-19(13-18-5-6-18)22(29)14-20-7-8-23(34)26(37-28)24(20)30/h7-8,17-19,21-22,25,28,34H,4-6,9-16,32H2,1-3H3,(H,33,35). The highest BCUT2D eigenvalue weighted by Crippen LogP contribution is 2.79. The number of phenolic OH excluding ortho intramolecular Hbond substituents is 1. The molecule has 4 N–H and O–H groups in total. The van der Waals surface area contributed by atoms with Gasteiger partial charge in [0.25, 0.3) is 0 Å². The molecule has 5 fully saturated rings. The largest absolute Gasteiger partial charge is 0.504 e. The van der Waals surface area contributed by atoms with E-state index < -0.39 is 11.6 Å². The molecule has 1 aliphatic heterocycles. The van der Waals surface area contributed by atoms with Gasteiger partial charge in [-0.2, -0.15) is 0 Å². The fourth-order valence-electron chi connectivity index (χ4n) is 10.2. The molecule has 6 heteroatoms. The van der Waals surface area contributed by atoms with Crippen LogP contribution in [0.1, 0.15) is 82.8 Å². The van der Waals surface area contributed by atoms with Crippen molar-refractivity contribution in [3.05, 3.63) is 23.3 Å². The molecular formula is C31H44N2O4. The van der Waals surface area contributed by atoms with E-state index in [1.54, 1.807) is 0 Å². The summed E-state index contributed by atoms with van der Waals surface area (Å²) >= 11 is 0.